The number of aryl methyl sites for hydroxylation is 1. The number of benzene rings is 2. The van der Waals surface area contributed by atoms with Crippen molar-refractivity contribution in [2.45, 2.75) is 39.3 Å². The van der Waals surface area contributed by atoms with E-state index in [1.165, 1.54) is 17.3 Å². The number of methoxy groups -OCH3 is 1. The number of nitrogens with zero attached hydrogens (tertiary/aromatic N) is 4. The molecule has 4 aromatic rings. The van der Waals surface area contributed by atoms with Crippen LogP contribution in [-0.4, -0.2) is 47.2 Å². The maximum atomic E-state index is 15.0. The largest absolute Gasteiger partial charge is 0.385 e. The highest BCUT2D eigenvalue weighted by molar-refractivity contribution is 5.97. The zero-order valence-electron chi connectivity index (χ0n) is 19.3. The Kier molecular flexibility index (Phi) is 5.66. The number of anilines is 1. The van der Waals surface area contributed by atoms with Crippen molar-refractivity contribution < 1.29 is 13.9 Å². The van der Waals surface area contributed by atoms with Crippen molar-refractivity contribution in [3.05, 3.63) is 47.8 Å². The summed E-state index contributed by atoms with van der Waals surface area (Å²) in [5, 5.41) is 1.15. The van der Waals surface area contributed by atoms with E-state index in [2.05, 4.69) is 40.7 Å². The number of imidazole rings is 1. The number of hydrogen-bond donors (Lipinski definition) is 0. The molecular weight excluding hydrogens is 419 g/mol. The molecule has 3 heterocycles. The van der Waals surface area contributed by atoms with Gasteiger partial charge < -0.3 is 18.8 Å². The van der Waals surface area contributed by atoms with Crippen molar-refractivity contribution in [2.75, 3.05) is 31.7 Å². The van der Waals surface area contributed by atoms with Crippen LogP contribution in [0.1, 0.15) is 43.1 Å². The first kappa shape index (κ1) is 21.6. The van der Waals surface area contributed by atoms with E-state index in [4.69, 9.17) is 9.72 Å². The minimum absolute atomic E-state index is 0.274. The maximum Gasteiger partial charge on any atom is 0.157 e. The Morgan fingerprint density at radius 2 is 2.06 bits per heavy atom. The Hall–Kier alpha value is -3.19. The highest BCUT2D eigenvalue weighted by Crippen LogP contribution is 2.42. The molecule has 0 radical (unpaired) electrons. The molecule has 0 saturated carbocycles. The Bertz CT molecular complexity index is 1340. The van der Waals surface area contributed by atoms with E-state index in [1.54, 1.807) is 13.2 Å². The Balaban J connectivity index is 1.74. The minimum Gasteiger partial charge on any atom is -0.385 e. The SMILES string of the molecule is CCC1CN(CCCOC)c2cccc3cc(-c4nc5cc(C=O)cc(F)c5n4CC)n1c23. The van der Waals surface area contributed by atoms with Gasteiger partial charge in [0.15, 0.2) is 5.82 Å². The fourth-order valence-electron chi connectivity index (χ4n) is 5.24. The van der Waals surface area contributed by atoms with Crippen molar-refractivity contribution in [1.82, 2.24) is 14.1 Å². The van der Waals surface area contributed by atoms with Crippen LogP contribution in [0.25, 0.3) is 33.5 Å². The topological polar surface area (TPSA) is 52.3 Å². The number of halogens is 1. The van der Waals surface area contributed by atoms with Gasteiger partial charge in [0.05, 0.1) is 28.5 Å². The molecular formula is C26H29FN4O2. The molecule has 2 aromatic carbocycles. The predicted molar refractivity (Wildman–Crippen MR) is 130 cm³/mol. The van der Waals surface area contributed by atoms with Crippen molar-refractivity contribution in [1.29, 1.82) is 0 Å². The Labute approximate surface area is 192 Å². The zero-order chi connectivity index (χ0) is 23.1. The van der Waals surface area contributed by atoms with Gasteiger partial charge in [0.25, 0.3) is 0 Å². The molecule has 1 atom stereocenters. The van der Waals surface area contributed by atoms with Crippen molar-refractivity contribution in [2.24, 2.45) is 0 Å². The summed E-state index contributed by atoms with van der Waals surface area (Å²) >= 11 is 0. The van der Waals surface area contributed by atoms with Crippen molar-refractivity contribution in [3.8, 4) is 11.5 Å². The molecule has 0 bridgehead atoms. The second kappa shape index (κ2) is 8.63. The highest BCUT2D eigenvalue weighted by atomic mass is 19.1. The summed E-state index contributed by atoms with van der Waals surface area (Å²) in [6.45, 7) is 7.38. The van der Waals surface area contributed by atoms with E-state index in [0.717, 1.165) is 49.4 Å². The third-order valence-corrected chi connectivity index (χ3v) is 6.72. The molecule has 33 heavy (non-hydrogen) atoms. The fraction of sp³-hybridized carbons (Fsp3) is 0.385. The van der Waals surface area contributed by atoms with Crippen LogP contribution in [-0.2, 0) is 11.3 Å². The Morgan fingerprint density at radius 1 is 1.21 bits per heavy atom. The molecule has 2 aromatic heterocycles. The molecule has 1 aliphatic rings. The van der Waals surface area contributed by atoms with Crippen LogP contribution in [0.3, 0.4) is 0 Å². The van der Waals surface area contributed by atoms with Gasteiger partial charge in [0.1, 0.15) is 17.6 Å². The summed E-state index contributed by atoms with van der Waals surface area (Å²) in [6, 6.07) is 11.8. The number of rotatable bonds is 8. The van der Waals surface area contributed by atoms with E-state index in [1.807, 2.05) is 11.5 Å². The molecule has 5 rings (SSSR count). The van der Waals surface area contributed by atoms with Gasteiger partial charge in [-0.15, -0.1) is 0 Å². The van der Waals surface area contributed by atoms with Gasteiger partial charge in [-0.2, -0.15) is 0 Å². The molecule has 0 aliphatic carbocycles. The molecule has 0 saturated heterocycles. The first-order valence-electron chi connectivity index (χ1n) is 11.6. The standard InChI is InChI=1S/C26H29FN4O2/c1-4-19-15-29(10-7-11-33-3)22-9-6-8-18-14-23(31(19)24(18)22)26-28-21-13-17(16-32)12-20(27)25(21)30(26)5-2/h6,8-9,12-14,16,19H,4-5,7,10-11,15H2,1-3H3. The van der Waals surface area contributed by atoms with Crippen molar-refractivity contribution >= 4 is 33.9 Å². The molecule has 1 unspecified atom stereocenters. The number of carbonyl (C=O) groups is 1. The van der Waals surface area contributed by atoms with E-state index in [9.17, 15) is 9.18 Å². The van der Waals surface area contributed by atoms with Crippen LogP contribution in [0.15, 0.2) is 36.4 Å². The number of aldehydes is 1. The average Bonchev–Trinajstić information content (AvgIpc) is 3.40. The monoisotopic (exact) mass is 448 g/mol. The smallest absolute Gasteiger partial charge is 0.157 e. The lowest BCUT2D eigenvalue weighted by molar-refractivity contribution is 0.112. The lowest BCUT2D eigenvalue weighted by Gasteiger charge is -2.36. The van der Waals surface area contributed by atoms with E-state index in [0.29, 0.717) is 29.4 Å². The van der Waals surface area contributed by atoms with Crippen LogP contribution < -0.4 is 4.90 Å². The van der Waals surface area contributed by atoms with Gasteiger partial charge in [-0.05, 0) is 44.0 Å². The molecule has 0 fully saturated rings. The third kappa shape index (κ3) is 3.42. The number of fused-ring (bicyclic) bond motifs is 1. The zero-order valence-corrected chi connectivity index (χ0v) is 19.3. The molecule has 7 heteroatoms. The summed E-state index contributed by atoms with van der Waals surface area (Å²) < 4.78 is 24.6. The van der Waals surface area contributed by atoms with Gasteiger partial charge in [-0.3, -0.25) is 4.79 Å². The third-order valence-electron chi connectivity index (χ3n) is 6.72. The highest BCUT2D eigenvalue weighted by Gasteiger charge is 2.30. The lowest BCUT2D eigenvalue weighted by atomic mass is 10.1. The summed E-state index contributed by atoms with van der Waals surface area (Å²) in [5.41, 5.74) is 4.67. The number of hydrogen-bond acceptors (Lipinski definition) is 4. The molecule has 6 nitrogen and oxygen atoms in total. The molecule has 0 N–H and O–H groups in total. The van der Waals surface area contributed by atoms with Crippen LogP contribution in [0.4, 0.5) is 10.1 Å². The first-order chi connectivity index (χ1) is 16.1. The predicted octanol–water partition coefficient (Wildman–Crippen LogP) is 5.44. The van der Waals surface area contributed by atoms with Gasteiger partial charge >= 0.3 is 0 Å². The second-order valence-corrected chi connectivity index (χ2v) is 8.64. The number of ether oxygens (including phenoxy) is 1. The van der Waals surface area contributed by atoms with E-state index in [-0.39, 0.29) is 6.04 Å². The minimum atomic E-state index is -0.415. The van der Waals surface area contributed by atoms with Gasteiger partial charge in [0, 0.05) is 44.3 Å². The van der Waals surface area contributed by atoms with Gasteiger partial charge in [0.2, 0.25) is 0 Å². The molecule has 1 aliphatic heterocycles. The number of aromatic nitrogens is 3. The Morgan fingerprint density at radius 3 is 2.79 bits per heavy atom. The molecule has 172 valence electrons. The second-order valence-electron chi connectivity index (χ2n) is 8.64. The van der Waals surface area contributed by atoms with Crippen LogP contribution >= 0.6 is 0 Å². The van der Waals surface area contributed by atoms with Gasteiger partial charge in [-0.1, -0.05) is 19.1 Å². The number of carbonyl (C=O) groups excluding carboxylic acids is 1. The summed E-state index contributed by atoms with van der Waals surface area (Å²) in [7, 11) is 1.74. The summed E-state index contributed by atoms with van der Waals surface area (Å²) in [4.78, 5) is 18.6. The first-order valence-corrected chi connectivity index (χ1v) is 11.6. The maximum absolute atomic E-state index is 15.0. The summed E-state index contributed by atoms with van der Waals surface area (Å²) in [5.74, 6) is 0.324. The number of para-hydroxylation sites is 1. The lowest BCUT2D eigenvalue weighted by Crippen LogP contribution is -2.36. The molecule has 0 spiro atoms. The average molecular weight is 449 g/mol. The van der Waals surface area contributed by atoms with E-state index < -0.39 is 5.82 Å². The quantitative estimate of drug-likeness (QED) is 0.266. The van der Waals surface area contributed by atoms with Crippen LogP contribution in [0.5, 0.6) is 0 Å². The molecule has 0 amide bonds. The van der Waals surface area contributed by atoms with E-state index >= 15 is 0 Å². The van der Waals surface area contributed by atoms with Crippen LogP contribution in [0.2, 0.25) is 0 Å². The summed E-state index contributed by atoms with van der Waals surface area (Å²) in [6.07, 6.45) is 2.61. The van der Waals surface area contributed by atoms with Crippen LogP contribution in [0, 0.1) is 5.82 Å². The fourth-order valence-corrected chi connectivity index (χ4v) is 5.24. The van der Waals surface area contributed by atoms with Gasteiger partial charge in [-0.25, -0.2) is 9.37 Å². The normalized spacial score (nSPS) is 15.6. The van der Waals surface area contributed by atoms with Crippen molar-refractivity contribution in [3.63, 3.8) is 0 Å².